The summed E-state index contributed by atoms with van der Waals surface area (Å²) in [6.45, 7) is 5.30. The first-order valence-electron chi connectivity index (χ1n) is 7.23. The van der Waals surface area contributed by atoms with E-state index in [1.54, 1.807) is 0 Å². The van der Waals surface area contributed by atoms with Crippen LogP contribution in [0.2, 0.25) is 0 Å². The van der Waals surface area contributed by atoms with Crippen molar-refractivity contribution in [2.75, 3.05) is 5.32 Å². The number of rotatable bonds is 6. The van der Waals surface area contributed by atoms with Crippen molar-refractivity contribution < 1.29 is 0 Å². The molecular formula is C18H23N. The molecule has 1 heteroatoms. The van der Waals surface area contributed by atoms with Gasteiger partial charge in [0.25, 0.3) is 0 Å². The highest BCUT2D eigenvalue weighted by Crippen LogP contribution is 2.18. The molecule has 0 unspecified atom stereocenters. The minimum Gasteiger partial charge on any atom is -0.381 e. The Labute approximate surface area is 116 Å². The second-order valence-electron chi connectivity index (χ2n) is 4.93. The van der Waals surface area contributed by atoms with Crippen LogP contribution in [0.5, 0.6) is 0 Å². The van der Waals surface area contributed by atoms with Crippen molar-refractivity contribution >= 4 is 5.69 Å². The Hall–Kier alpha value is -1.76. The minimum atomic E-state index is 0.894. The summed E-state index contributed by atoms with van der Waals surface area (Å²) >= 11 is 0. The fraction of sp³-hybridized carbons (Fsp3) is 0.333. The molecule has 0 aromatic heterocycles. The van der Waals surface area contributed by atoms with E-state index in [4.69, 9.17) is 0 Å². The maximum absolute atomic E-state index is 3.55. The largest absolute Gasteiger partial charge is 0.381 e. The summed E-state index contributed by atoms with van der Waals surface area (Å²) in [5.74, 6) is 0. The van der Waals surface area contributed by atoms with Crippen LogP contribution in [0.1, 0.15) is 37.0 Å². The zero-order valence-corrected chi connectivity index (χ0v) is 11.9. The highest BCUT2D eigenvalue weighted by Gasteiger charge is 2.00. The van der Waals surface area contributed by atoms with Crippen molar-refractivity contribution in [2.45, 2.75) is 39.7 Å². The highest BCUT2D eigenvalue weighted by atomic mass is 14.9. The fourth-order valence-corrected chi connectivity index (χ4v) is 2.27. The summed E-state index contributed by atoms with van der Waals surface area (Å²) in [6, 6.07) is 17.5. The molecule has 2 aromatic carbocycles. The molecule has 0 aliphatic carbocycles. The number of nitrogens with one attached hydrogen (secondary N) is 1. The van der Waals surface area contributed by atoms with Gasteiger partial charge in [0, 0.05) is 12.2 Å². The van der Waals surface area contributed by atoms with Crippen LogP contribution >= 0.6 is 0 Å². The molecule has 0 radical (unpaired) electrons. The van der Waals surface area contributed by atoms with E-state index in [1.807, 2.05) is 0 Å². The molecule has 0 saturated heterocycles. The van der Waals surface area contributed by atoms with Gasteiger partial charge in [0.15, 0.2) is 0 Å². The normalized spacial score (nSPS) is 10.4. The number of hydrogen-bond acceptors (Lipinski definition) is 1. The van der Waals surface area contributed by atoms with Crippen LogP contribution in [-0.4, -0.2) is 0 Å². The maximum Gasteiger partial charge on any atom is 0.0400 e. The number of para-hydroxylation sites is 1. The van der Waals surface area contributed by atoms with Gasteiger partial charge in [-0.25, -0.2) is 0 Å². The predicted octanol–water partition coefficient (Wildman–Crippen LogP) is 4.81. The van der Waals surface area contributed by atoms with E-state index >= 15 is 0 Å². The highest BCUT2D eigenvalue weighted by molar-refractivity contribution is 5.51. The summed E-state index contributed by atoms with van der Waals surface area (Å²) < 4.78 is 0. The first kappa shape index (κ1) is 13.7. The van der Waals surface area contributed by atoms with Crippen LogP contribution in [-0.2, 0) is 19.4 Å². The molecule has 0 bridgehead atoms. The average molecular weight is 253 g/mol. The number of benzene rings is 2. The first-order valence-corrected chi connectivity index (χ1v) is 7.23. The summed E-state index contributed by atoms with van der Waals surface area (Å²) in [5, 5.41) is 3.55. The quantitative estimate of drug-likeness (QED) is 0.778. The van der Waals surface area contributed by atoms with Gasteiger partial charge in [-0.05, 0) is 35.6 Å². The second-order valence-corrected chi connectivity index (χ2v) is 4.93. The fourth-order valence-electron chi connectivity index (χ4n) is 2.27. The summed E-state index contributed by atoms with van der Waals surface area (Å²) in [7, 11) is 0. The molecule has 0 aliphatic rings. The third-order valence-electron chi connectivity index (χ3n) is 3.45. The Morgan fingerprint density at radius 1 is 0.842 bits per heavy atom. The summed E-state index contributed by atoms with van der Waals surface area (Å²) in [5.41, 5.74) is 5.41. The molecule has 19 heavy (non-hydrogen) atoms. The van der Waals surface area contributed by atoms with Crippen LogP contribution in [0.15, 0.2) is 48.5 Å². The van der Waals surface area contributed by atoms with Gasteiger partial charge in [-0.3, -0.25) is 0 Å². The summed E-state index contributed by atoms with van der Waals surface area (Å²) in [4.78, 5) is 0. The lowest BCUT2D eigenvalue weighted by Gasteiger charge is -2.11. The van der Waals surface area contributed by atoms with Crippen molar-refractivity contribution in [3.05, 3.63) is 65.2 Å². The molecular weight excluding hydrogens is 230 g/mol. The van der Waals surface area contributed by atoms with E-state index in [0.717, 1.165) is 19.4 Å². The first-order chi connectivity index (χ1) is 9.33. The topological polar surface area (TPSA) is 12.0 Å². The molecule has 1 nitrogen and oxygen atoms in total. The molecule has 1 N–H and O–H groups in total. The Morgan fingerprint density at radius 3 is 2.21 bits per heavy atom. The lowest BCUT2D eigenvalue weighted by molar-refractivity contribution is 0.919. The standard InChI is InChI=1S/C18H23N/c1-3-7-17-8-5-6-9-18(17)19-14-16-12-10-15(4-2)11-13-16/h5-6,8-13,19H,3-4,7,14H2,1-2H3. The third kappa shape index (κ3) is 3.85. The maximum atomic E-state index is 3.55. The average Bonchev–Trinajstić information content (AvgIpc) is 2.47. The molecule has 2 aromatic rings. The van der Waals surface area contributed by atoms with Crippen molar-refractivity contribution in [3.8, 4) is 0 Å². The number of hydrogen-bond donors (Lipinski definition) is 1. The van der Waals surface area contributed by atoms with Gasteiger partial charge in [-0.1, -0.05) is 62.7 Å². The van der Waals surface area contributed by atoms with Crippen molar-refractivity contribution in [2.24, 2.45) is 0 Å². The zero-order chi connectivity index (χ0) is 13.5. The zero-order valence-electron chi connectivity index (χ0n) is 11.9. The Kier molecular flexibility index (Phi) is 5.02. The van der Waals surface area contributed by atoms with Crippen LogP contribution < -0.4 is 5.32 Å². The van der Waals surface area contributed by atoms with Crippen LogP contribution in [0, 0.1) is 0 Å². The van der Waals surface area contributed by atoms with Crippen LogP contribution in [0.25, 0.3) is 0 Å². The van der Waals surface area contributed by atoms with E-state index in [0.29, 0.717) is 0 Å². The van der Waals surface area contributed by atoms with E-state index < -0.39 is 0 Å². The van der Waals surface area contributed by atoms with Crippen molar-refractivity contribution in [1.29, 1.82) is 0 Å². The van der Waals surface area contributed by atoms with Gasteiger partial charge < -0.3 is 5.32 Å². The molecule has 0 atom stereocenters. The molecule has 0 heterocycles. The van der Waals surface area contributed by atoms with Crippen LogP contribution in [0.3, 0.4) is 0 Å². The SMILES string of the molecule is CCCc1ccccc1NCc1ccc(CC)cc1. The Morgan fingerprint density at radius 2 is 1.53 bits per heavy atom. The number of aryl methyl sites for hydroxylation is 2. The lowest BCUT2D eigenvalue weighted by atomic mass is 10.1. The molecule has 2 rings (SSSR count). The van der Waals surface area contributed by atoms with Gasteiger partial charge >= 0.3 is 0 Å². The van der Waals surface area contributed by atoms with Gasteiger partial charge in [-0.15, -0.1) is 0 Å². The van der Waals surface area contributed by atoms with E-state index in [2.05, 4.69) is 67.7 Å². The van der Waals surface area contributed by atoms with Crippen LogP contribution in [0.4, 0.5) is 5.69 Å². The van der Waals surface area contributed by atoms with Gasteiger partial charge in [0.1, 0.15) is 0 Å². The molecule has 100 valence electrons. The second kappa shape index (κ2) is 6.98. The van der Waals surface area contributed by atoms with E-state index in [1.165, 1.54) is 28.8 Å². The van der Waals surface area contributed by atoms with Gasteiger partial charge in [0.2, 0.25) is 0 Å². The third-order valence-corrected chi connectivity index (χ3v) is 3.45. The minimum absolute atomic E-state index is 0.894. The van der Waals surface area contributed by atoms with E-state index in [-0.39, 0.29) is 0 Å². The molecule has 0 saturated carbocycles. The smallest absolute Gasteiger partial charge is 0.0400 e. The monoisotopic (exact) mass is 253 g/mol. The Bertz CT molecular complexity index is 499. The molecule has 0 spiro atoms. The summed E-state index contributed by atoms with van der Waals surface area (Å²) in [6.07, 6.45) is 3.43. The molecule has 0 fully saturated rings. The molecule has 0 amide bonds. The van der Waals surface area contributed by atoms with Crippen molar-refractivity contribution in [1.82, 2.24) is 0 Å². The van der Waals surface area contributed by atoms with E-state index in [9.17, 15) is 0 Å². The number of anilines is 1. The Balaban J connectivity index is 2.01. The van der Waals surface area contributed by atoms with Gasteiger partial charge in [0.05, 0.1) is 0 Å². The lowest BCUT2D eigenvalue weighted by Crippen LogP contribution is -2.02. The van der Waals surface area contributed by atoms with Gasteiger partial charge in [-0.2, -0.15) is 0 Å². The predicted molar refractivity (Wildman–Crippen MR) is 83.6 cm³/mol. The van der Waals surface area contributed by atoms with Crippen molar-refractivity contribution in [3.63, 3.8) is 0 Å². The molecule has 0 aliphatic heterocycles.